The zero-order valence-electron chi connectivity index (χ0n) is 31.5. The molecule has 0 saturated carbocycles. The Labute approximate surface area is 313 Å². The Morgan fingerprint density at radius 1 is 0.792 bits per heavy atom. The van der Waals surface area contributed by atoms with Crippen LogP contribution < -0.4 is 5.73 Å². The first kappa shape index (κ1) is 37.3. The van der Waals surface area contributed by atoms with Crippen LogP contribution in [-0.4, -0.2) is 128 Å². The Kier molecular flexibility index (Phi) is 10.5. The maximum absolute atomic E-state index is 14.0. The highest BCUT2D eigenvalue weighted by molar-refractivity contribution is 5.79. The second kappa shape index (κ2) is 14.9. The van der Waals surface area contributed by atoms with Crippen molar-refractivity contribution >= 4 is 5.78 Å². The number of fused-ring (bicyclic) bond motifs is 6. The fourth-order valence-electron chi connectivity index (χ4n) is 11.5. The highest BCUT2D eigenvalue weighted by Gasteiger charge is 2.68. The zero-order chi connectivity index (χ0) is 36.6. The van der Waals surface area contributed by atoms with Crippen molar-refractivity contribution in [1.82, 2.24) is 0 Å². The number of aliphatic hydroxyl groups is 1. The molecule has 19 atom stereocenters. The Morgan fingerprint density at radius 2 is 1.51 bits per heavy atom. The predicted molar refractivity (Wildman–Crippen MR) is 191 cm³/mol. The molecule has 12 heteroatoms. The van der Waals surface area contributed by atoms with Crippen LogP contribution in [0.4, 0.5) is 0 Å². The number of carbonyl (C=O) groups is 1. The summed E-state index contributed by atoms with van der Waals surface area (Å²) in [6.45, 7) is 11.3. The Balaban J connectivity index is 0.977. The number of hydrogen-bond donors (Lipinski definition) is 2. The van der Waals surface area contributed by atoms with Gasteiger partial charge in [0.15, 0.2) is 5.79 Å². The van der Waals surface area contributed by atoms with E-state index < -0.39 is 11.9 Å². The van der Waals surface area contributed by atoms with Gasteiger partial charge in [0.25, 0.3) is 0 Å². The summed E-state index contributed by atoms with van der Waals surface area (Å²) in [5.41, 5.74) is 8.08. The molecule has 0 aromatic heterocycles. The van der Waals surface area contributed by atoms with Crippen molar-refractivity contribution in [1.29, 1.82) is 0 Å². The first-order valence-corrected chi connectivity index (χ1v) is 20.7. The molecule has 10 heterocycles. The highest BCUT2D eigenvalue weighted by Crippen LogP contribution is 2.54. The van der Waals surface area contributed by atoms with E-state index in [9.17, 15) is 9.90 Å². The first-order valence-electron chi connectivity index (χ1n) is 20.7. The highest BCUT2D eigenvalue weighted by atomic mass is 16.8. The van der Waals surface area contributed by atoms with Gasteiger partial charge in [0.1, 0.15) is 36.3 Å². The van der Waals surface area contributed by atoms with Gasteiger partial charge in [-0.1, -0.05) is 20.1 Å². The van der Waals surface area contributed by atoms with Crippen LogP contribution in [0.1, 0.15) is 96.8 Å². The fourth-order valence-corrected chi connectivity index (χ4v) is 11.5. The van der Waals surface area contributed by atoms with E-state index in [-0.39, 0.29) is 110 Å². The summed E-state index contributed by atoms with van der Waals surface area (Å²) in [7, 11) is 1.67. The molecular weight excluding hydrogens is 682 g/mol. The molecule has 0 aromatic carbocycles. The van der Waals surface area contributed by atoms with Crippen LogP contribution in [-0.2, 0) is 47.4 Å². The summed E-state index contributed by atoms with van der Waals surface area (Å²) in [6, 6.07) is 0. The summed E-state index contributed by atoms with van der Waals surface area (Å²) in [4.78, 5) is 14.0. The van der Waals surface area contributed by atoms with E-state index >= 15 is 0 Å². The lowest BCUT2D eigenvalue weighted by Crippen LogP contribution is -2.61. The summed E-state index contributed by atoms with van der Waals surface area (Å²) in [6.07, 6.45) is 6.22. The van der Waals surface area contributed by atoms with E-state index in [1.165, 1.54) is 0 Å². The van der Waals surface area contributed by atoms with Gasteiger partial charge in [0.2, 0.25) is 0 Å². The number of methoxy groups -OCH3 is 1. The average Bonchev–Trinajstić information content (AvgIpc) is 3.81. The molecule has 0 amide bonds. The van der Waals surface area contributed by atoms with Crippen molar-refractivity contribution in [3.05, 3.63) is 24.3 Å². The molecule has 10 fully saturated rings. The number of ketones is 1. The molecule has 12 nitrogen and oxygen atoms in total. The largest absolute Gasteiger partial charge is 0.392 e. The molecule has 296 valence electrons. The minimum absolute atomic E-state index is 0.00273. The van der Waals surface area contributed by atoms with Gasteiger partial charge in [0.05, 0.1) is 67.1 Å². The van der Waals surface area contributed by atoms with E-state index in [2.05, 4.69) is 20.1 Å². The molecule has 1 spiro atoms. The zero-order valence-corrected chi connectivity index (χ0v) is 31.5. The summed E-state index contributed by atoms with van der Waals surface area (Å²) in [5, 5.41) is 10.5. The Bertz CT molecular complexity index is 1400. The molecule has 0 radical (unpaired) electrons. The lowest BCUT2D eigenvalue weighted by Gasteiger charge is -2.47. The monoisotopic (exact) mass is 743 g/mol. The van der Waals surface area contributed by atoms with Crippen LogP contribution in [0.2, 0.25) is 0 Å². The van der Waals surface area contributed by atoms with Gasteiger partial charge < -0.3 is 53.5 Å². The number of carbonyl (C=O) groups excluding carboxylic acids is 1. The molecule has 10 saturated heterocycles. The molecule has 12 bridgehead atoms. The smallest absolute Gasteiger partial charge is 0.172 e. The van der Waals surface area contributed by atoms with Gasteiger partial charge in [-0.3, -0.25) is 4.79 Å². The number of nitrogens with two attached hydrogens (primary N) is 1. The predicted octanol–water partition coefficient (Wildman–Crippen LogP) is 3.83. The first-order chi connectivity index (χ1) is 25.6. The fraction of sp³-hybridized carbons (Fsp3) is 0.878. The van der Waals surface area contributed by atoms with Gasteiger partial charge in [-0.25, -0.2) is 0 Å². The van der Waals surface area contributed by atoms with Crippen LogP contribution in [0.15, 0.2) is 24.3 Å². The third-order valence-corrected chi connectivity index (χ3v) is 14.2. The number of aliphatic hydroxyl groups excluding tert-OH is 1. The van der Waals surface area contributed by atoms with Crippen molar-refractivity contribution in [3.63, 3.8) is 0 Å². The van der Waals surface area contributed by atoms with E-state index in [0.717, 1.165) is 62.5 Å². The molecule has 53 heavy (non-hydrogen) atoms. The van der Waals surface area contributed by atoms with Crippen LogP contribution in [0.3, 0.4) is 0 Å². The van der Waals surface area contributed by atoms with Gasteiger partial charge in [-0.05, 0) is 74.9 Å². The molecule has 10 aliphatic rings. The van der Waals surface area contributed by atoms with Gasteiger partial charge in [-0.15, -0.1) is 0 Å². The van der Waals surface area contributed by atoms with Crippen LogP contribution >= 0.6 is 0 Å². The minimum atomic E-state index is -0.782. The van der Waals surface area contributed by atoms with Crippen molar-refractivity contribution < 1.29 is 52.5 Å². The third-order valence-electron chi connectivity index (χ3n) is 14.2. The van der Waals surface area contributed by atoms with E-state index in [1.54, 1.807) is 7.11 Å². The third kappa shape index (κ3) is 7.04. The van der Waals surface area contributed by atoms with Crippen LogP contribution in [0.25, 0.3) is 0 Å². The number of ether oxygens (including phenoxy) is 9. The lowest BCUT2D eigenvalue weighted by atomic mass is 9.82. The average molecular weight is 744 g/mol. The molecular formula is C41H61NO11. The van der Waals surface area contributed by atoms with E-state index in [0.29, 0.717) is 44.4 Å². The van der Waals surface area contributed by atoms with E-state index in [1.807, 2.05) is 0 Å². The number of hydrogen-bond acceptors (Lipinski definition) is 12. The standard InChI is InChI=1S/C41H61NO11/c1-20-13-25-5-7-29-21(2)14-27(46-29)11-12-41-18-34-37(52-41)38-39(51-34)40(53-41)36-32(50-38)8-6-26(48-36)15-23(43)16-28-31(10-9-30(47-25)22(20)3)49-33(35(28)45-4)17-24(44)19-42/h20,24-40,44H,2-3,5-19,42H2,1,4H3/t20-,24+,25+,26-,27+,28+,29+,30-,31+,32+,33-,34-,35-,36+,37+,38+,39?,40+,41+/m1/s1. The molecule has 0 aliphatic carbocycles. The van der Waals surface area contributed by atoms with Crippen molar-refractivity contribution in [2.75, 3.05) is 13.7 Å². The summed E-state index contributed by atoms with van der Waals surface area (Å²) >= 11 is 0. The molecule has 1 unspecified atom stereocenters. The maximum atomic E-state index is 14.0. The van der Waals surface area contributed by atoms with Crippen LogP contribution in [0, 0.1) is 11.8 Å². The summed E-state index contributed by atoms with van der Waals surface area (Å²) in [5.74, 6) is -0.512. The Morgan fingerprint density at radius 3 is 2.34 bits per heavy atom. The topological polar surface area (TPSA) is 146 Å². The van der Waals surface area contributed by atoms with Gasteiger partial charge in [0, 0.05) is 51.7 Å². The molecule has 3 N–H and O–H groups in total. The van der Waals surface area contributed by atoms with Crippen LogP contribution in [0.5, 0.6) is 0 Å². The SMILES string of the molecule is C=C1C[C@@H]2CC[C@@]34C[C@H]5OC6[C@@H](O[C@H]7CC[C@H](CC(=O)C[C@@H]8[C@@H](OC)[C@@H](C[C@H](O)CN)O[C@H]8CC[C@H]8O[C@@H](CC[C@@H]1O2)C[C@@H](C)C8=C)O[C@@H]7[C@@H]6O3)[C@H]5O4. The Hall–Kier alpha value is -1.29. The normalized spacial score (nSPS) is 51.8. The van der Waals surface area contributed by atoms with Crippen molar-refractivity contribution in [2.24, 2.45) is 17.6 Å². The second-order valence-electron chi connectivity index (χ2n) is 17.8. The van der Waals surface area contributed by atoms with E-state index in [4.69, 9.17) is 48.4 Å². The van der Waals surface area contributed by atoms with Crippen molar-refractivity contribution in [2.45, 2.75) is 200 Å². The quantitative estimate of drug-likeness (QED) is 0.404. The van der Waals surface area contributed by atoms with Crippen molar-refractivity contribution in [3.8, 4) is 0 Å². The van der Waals surface area contributed by atoms with Gasteiger partial charge >= 0.3 is 0 Å². The lowest BCUT2D eigenvalue weighted by molar-refractivity contribution is -0.292. The summed E-state index contributed by atoms with van der Waals surface area (Å²) < 4.78 is 60.0. The van der Waals surface area contributed by atoms with Gasteiger partial charge in [-0.2, -0.15) is 0 Å². The number of rotatable bonds is 4. The minimum Gasteiger partial charge on any atom is -0.392 e. The molecule has 10 rings (SSSR count). The maximum Gasteiger partial charge on any atom is 0.172 e. The second-order valence-corrected chi connectivity index (χ2v) is 17.8. The molecule has 0 aromatic rings. The number of Topliss-reactive ketones (excluding diaryl/α,β-unsaturated/α-hetero) is 1. The molecule has 10 aliphatic heterocycles.